The number of ether oxygens (including phenoxy) is 1. The number of esters is 1. The largest absolute Gasteiger partial charge is 0.480 e. The van der Waals surface area contributed by atoms with Gasteiger partial charge in [0, 0.05) is 12.5 Å². The molecule has 0 radical (unpaired) electrons. The van der Waals surface area contributed by atoms with Crippen LogP contribution in [0.15, 0.2) is 29.2 Å². The van der Waals surface area contributed by atoms with Gasteiger partial charge in [-0.3, -0.25) is 9.59 Å². The van der Waals surface area contributed by atoms with Crippen LogP contribution in [0.4, 0.5) is 0 Å². The van der Waals surface area contributed by atoms with Gasteiger partial charge in [-0.25, -0.2) is 8.42 Å². The number of benzene rings is 1. The number of carbonyl (C=O) groups is 2. The standard InChI is InChI=1S/C14H15NO6S/c1-10(14(17)18)15-22(19,20)13-7-5-12(6-8-13)4-3-9-21-11(2)16/h5-8,10,15H,9H2,1-2H3,(H,17,18)/t10-/m1/s1. The number of hydrogen-bond donors (Lipinski definition) is 2. The van der Waals surface area contributed by atoms with E-state index in [0.29, 0.717) is 5.56 Å². The first kappa shape index (κ1) is 17.7. The molecule has 0 aliphatic heterocycles. The zero-order valence-corrected chi connectivity index (χ0v) is 12.8. The SMILES string of the molecule is CC(=O)OCC#Cc1ccc(S(=O)(=O)N[C@H](C)C(=O)O)cc1. The van der Waals surface area contributed by atoms with Crippen molar-refractivity contribution in [3.8, 4) is 11.8 Å². The number of carboxylic acids is 1. The number of aliphatic carboxylic acids is 1. The molecule has 0 unspecified atom stereocenters. The van der Waals surface area contributed by atoms with Crippen LogP contribution in [0.2, 0.25) is 0 Å². The summed E-state index contributed by atoms with van der Waals surface area (Å²) in [6, 6.07) is 4.34. The fourth-order valence-electron chi connectivity index (χ4n) is 1.34. The minimum atomic E-state index is -3.91. The van der Waals surface area contributed by atoms with Crippen molar-refractivity contribution in [1.82, 2.24) is 4.72 Å². The highest BCUT2D eigenvalue weighted by atomic mass is 32.2. The molecule has 0 saturated carbocycles. The molecule has 0 saturated heterocycles. The van der Waals surface area contributed by atoms with Gasteiger partial charge in [0.05, 0.1) is 4.90 Å². The molecule has 0 aliphatic rings. The van der Waals surface area contributed by atoms with Gasteiger partial charge in [0.2, 0.25) is 10.0 Å². The monoisotopic (exact) mass is 325 g/mol. The summed E-state index contributed by atoms with van der Waals surface area (Å²) in [6.07, 6.45) is 0. The smallest absolute Gasteiger partial charge is 0.321 e. The molecule has 0 spiro atoms. The van der Waals surface area contributed by atoms with Crippen LogP contribution in [0, 0.1) is 11.8 Å². The molecular weight excluding hydrogens is 310 g/mol. The normalized spacial score (nSPS) is 11.9. The molecule has 0 amide bonds. The third-order valence-corrected chi connectivity index (χ3v) is 4.00. The van der Waals surface area contributed by atoms with Crippen molar-refractivity contribution < 1.29 is 27.9 Å². The summed E-state index contributed by atoms with van der Waals surface area (Å²) < 4.78 is 30.5. The molecule has 0 heterocycles. The molecular formula is C14H15NO6S. The van der Waals surface area contributed by atoms with Gasteiger partial charge in [0.15, 0.2) is 6.61 Å². The number of rotatable bonds is 5. The summed E-state index contributed by atoms with van der Waals surface area (Å²) >= 11 is 0. The quantitative estimate of drug-likeness (QED) is 0.597. The second-order valence-corrected chi connectivity index (χ2v) is 6.00. The van der Waals surface area contributed by atoms with E-state index in [1.54, 1.807) is 0 Å². The van der Waals surface area contributed by atoms with Gasteiger partial charge >= 0.3 is 11.9 Å². The van der Waals surface area contributed by atoms with Gasteiger partial charge < -0.3 is 9.84 Å². The molecule has 0 fully saturated rings. The first-order valence-corrected chi connectivity index (χ1v) is 7.68. The fourth-order valence-corrected chi connectivity index (χ4v) is 2.54. The first-order chi connectivity index (χ1) is 10.2. The Labute approximate surface area is 128 Å². The van der Waals surface area contributed by atoms with Crippen molar-refractivity contribution in [3.05, 3.63) is 29.8 Å². The highest BCUT2D eigenvalue weighted by Crippen LogP contribution is 2.10. The molecule has 1 atom stereocenters. The number of hydrogen-bond acceptors (Lipinski definition) is 5. The topological polar surface area (TPSA) is 110 Å². The van der Waals surface area contributed by atoms with Crippen LogP contribution in [0.3, 0.4) is 0 Å². The highest BCUT2D eigenvalue weighted by Gasteiger charge is 2.21. The molecule has 1 aromatic rings. The first-order valence-electron chi connectivity index (χ1n) is 6.20. The average molecular weight is 325 g/mol. The highest BCUT2D eigenvalue weighted by molar-refractivity contribution is 7.89. The van der Waals surface area contributed by atoms with Crippen molar-refractivity contribution in [3.63, 3.8) is 0 Å². The van der Waals surface area contributed by atoms with E-state index >= 15 is 0 Å². The van der Waals surface area contributed by atoms with E-state index in [1.165, 1.54) is 38.1 Å². The van der Waals surface area contributed by atoms with Crippen LogP contribution in [-0.2, 0) is 24.3 Å². The lowest BCUT2D eigenvalue weighted by Crippen LogP contribution is -2.38. The molecule has 0 bridgehead atoms. The Kier molecular flexibility index (Phi) is 6.10. The summed E-state index contributed by atoms with van der Waals surface area (Å²) in [5, 5.41) is 8.71. The Hall–Kier alpha value is -2.37. The van der Waals surface area contributed by atoms with Crippen LogP contribution in [0.25, 0.3) is 0 Å². The lowest BCUT2D eigenvalue weighted by atomic mass is 10.2. The second-order valence-electron chi connectivity index (χ2n) is 4.29. The van der Waals surface area contributed by atoms with Crippen LogP contribution < -0.4 is 4.72 Å². The number of nitrogens with one attached hydrogen (secondary N) is 1. The van der Waals surface area contributed by atoms with Gasteiger partial charge in [-0.1, -0.05) is 11.8 Å². The zero-order chi connectivity index (χ0) is 16.8. The molecule has 2 N–H and O–H groups in total. The summed E-state index contributed by atoms with van der Waals surface area (Å²) in [6.45, 7) is 2.45. The Bertz CT molecular complexity index is 712. The lowest BCUT2D eigenvalue weighted by Gasteiger charge is -2.10. The predicted molar refractivity (Wildman–Crippen MR) is 77.4 cm³/mol. The molecule has 0 aromatic heterocycles. The molecule has 118 valence electrons. The van der Waals surface area contributed by atoms with Crippen LogP contribution >= 0.6 is 0 Å². The maximum atomic E-state index is 11.9. The molecule has 22 heavy (non-hydrogen) atoms. The Morgan fingerprint density at radius 2 is 1.91 bits per heavy atom. The maximum absolute atomic E-state index is 11.9. The van der Waals surface area contributed by atoms with E-state index in [1.807, 2.05) is 4.72 Å². The van der Waals surface area contributed by atoms with Gasteiger partial charge in [0.1, 0.15) is 6.04 Å². The van der Waals surface area contributed by atoms with Crippen LogP contribution in [0.1, 0.15) is 19.4 Å². The maximum Gasteiger partial charge on any atom is 0.321 e. The van der Waals surface area contributed by atoms with Crippen molar-refractivity contribution in [2.45, 2.75) is 24.8 Å². The van der Waals surface area contributed by atoms with Crippen molar-refractivity contribution in [1.29, 1.82) is 0 Å². The Morgan fingerprint density at radius 1 is 1.32 bits per heavy atom. The number of carboxylic acid groups (broad SMARTS) is 1. The summed E-state index contributed by atoms with van der Waals surface area (Å²) in [7, 11) is -3.91. The van der Waals surface area contributed by atoms with E-state index < -0.39 is 28.0 Å². The number of carbonyl (C=O) groups excluding carboxylic acids is 1. The minimum Gasteiger partial charge on any atom is -0.480 e. The lowest BCUT2D eigenvalue weighted by molar-refractivity contribution is -0.140. The average Bonchev–Trinajstić information content (AvgIpc) is 2.43. The molecule has 8 heteroatoms. The Morgan fingerprint density at radius 3 is 2.41 bits per heavy atom. The molecule has 7 nitrogen and oxygen atoms in total. The van der Waals surface area contributed by atoms with E-state index in [0.717, 1.165) is 0 Å². The molecule has 1 aromatic carbocycles. The summed E-state index contributed by atoms with van der Waals surface area (Å²) in [5.41, 5.74) is 0.539. The third-order valence-electron chi connectivity index (χ3n) is 2.45. The van der Waals surface area contributed by atoms with Crippen molar-refractivity contribution >= 4 is 22.0 Å². The van der Waals surface area contributed by atoms with E-state index in [9.17, 15) is 18.0 Å². The minimum absolute atomic E-state index is 0.0485. The van der Waals surface area contributed by atoms with Gasteiger partial charge in [-0.15, -0.1) is 0 Å². The van der Waals surface area contributed by atoms with Gasteiger partial charge in [-0.2, -0.15) is 4.72 Å². The fraction of sp³-hybridized carbons (Fsp3) is 0.286. The van der Waals surface area contributed by atoms with Crippen LogP contribution in [-0.4, -0.2) is 38.1 Å². The second kappa shape index (κ2) is 7.59. The van der Waals surface area contributed by atoms with E-state index in [-0.39, 0.29) is 11.5 Å². The summed E-state index contributed by atoms with van der Waals surface area (Å²) in [4.78, 5) is 21.2. The number of sulfonamides is 1. The Balaban J connectivity index is 2.79. The van der Waals surface area contributed by atoms with Crippen molar-refractivity contribution in [2.24, 2.45) is 0 Å². The van der Waals surface area contributed by atoms with Crippen LogP contribution in [0.5, 0.6) is 0 Å². The third kappa shape index (κ3) is 5.55. The van der Waals surface area contributed by atoms with E-state index in [2.05, 4.69) is 16.6 Å². The zero-order valence-electron chi connectivity index (χ0n) is 12.0. The molecule has 1 rings (SSSR count). The van der Waals surface area contributed by atoms with E-state index in [4.69, 9.17) is 5.11 Å². The predicted octanol–water partition coefficient (Wildman–Crippen LogP) is 0.353. The summed E-state index contributed by atoms with van der Waals surface area (Å²) in [5.74, 6) is 3.60. The van der Waals surface area contributed by atoms with Gasteiger partial charge in [-0.05, 0) is 31.2 Å². The molecule has 0 aliphatic carbocycles. The van der Waals surface area contributed by atoms with Gasteiger partial charge in [0.25, 0.3) is 0 Å². The van der Waals surface area contributed by atoms with Crippen molar-refractivity contribution in [2.75, 3.05) is 6.61 Å².